The van der Waals surface area contributed by atoms with Crippen molar-refractivity contribution < 1.29 is 14.7 Å². The van der Waals surface area contributed by atoms with E-state index >= 15 is 0 Å². The number of nitrogens with one attached hydrogen (secondary N) is 1. The van der Waals surface area contributed by atoms with Gasteiger partial charge in [0.15, 0.2) is 5.82 Å². The Morgan fingerprint density at radius 1 is 0.850 bits per heavy atom. The maximum absolute atomic E-state index is 12.9. The molecule has 0 aliphatic rings. The van der Waals surface area contributed by atoms with Gasteiger partial charge in [-0.15, -0.1) is 0 Å². The van der Waals surface area contributed by atoms with E-state index in [4.69, 9.17) is 0 Å². The quantitative estimate of drug-likeness (QED) is 0.290. The van der Waals surface area contributed by atoms with Crippen LogP contribution in [0.15, 0.2) is 85.2 Å². The van der Waals surface area contributed by atoms with Crippen LogP contribution >= 0.6 is 0 Å². The van der Waals surface area contributed by atoms with Crippen LogP contribution in [0.2, 0.25) is 0 Å². The fourth-order valence-corrected chi connectivity index (χ4v) is 4.38. The van der Waals surface area contributed by atoms with E-state index in [0.717, 1.165) is 33.5 Å². The summed E-state index contributed by atoms with van der Waals surface area (Å²) < 4.78 is 0. The first-order chi connectivity index (χ1) is 19.0. The second kappa shape index (κ2) is 11.8. The summed E-state index contributed by atoms with van der Waals surface area (Å²) in [4.78, 5) is 36.2. The van der Waals surface area contributed by atoms with E-state index in [-0.39, 0.29) is 11.8 Å². The van der Waals surface area contributed by atoms with Gasteiger partial charge in [-0.2, -0.15) is 0 Å². The number of amides is 1. The van der Waals surface area contributed by atoms with Crippen LogP contribution in [0.4, 0.5) is 5.69 Å². The SMILES string of the molecule is CN(C)c1ccc(-c2cnc(-c3ccc(C[C@@](C=O)(CO)NC(=O)c4ccc(C(C)(C)C)cc4)cc3)nc2)cc1. The lowest BCUT2D eigenvalue weighted by Gasteiger charge is -2.27. The van der Waals surface area contributed by atoms with Crippen molar-refractivity contribution in [1.82, 2.24) is 15.3 Å². The first-order valence-electron chi connectivity index (χ1n) is 13.2. The van der Waals surface area contributed by atoms with Crippen LogP contribution in [0.3, 0.4) is 0 Å². The molecule has 7 nitrogen and oxygen atoms in total. The van der Waals surface area contributed by atoms with Crippen LogP contribution < -0.4 is 10.2 Å². The number of hydrogen-bond acceptors (Lipinski definition) is 6. The van der Waals surface area contributed by atoms with Crippen molar-refractivity contribution in [2.75, 3.05) is 25.6 Å². The molecule has 0 aliphatic carbocycles. The third kappa shape index (κ3) is 6.61. The zero-order valence-electron chi connectivity index (χ0n) is 23.7. The van der Waals surface area contributed by atoms with Crippen molar-refractivity contribution in [3.63, 3.8) is 0 Å². The number of carbonyl (C=O) groups is 2. The van der Waals surface area contributed by atoms with Crippen LogP contribution in [0.1, 0.15) is 42.3 Å². The molecule has 206 valence electrons. The van der Waals surface area contributed by atoms with Gasteiger partial charge in [0.2, 0.25) is 0 Å². The number of nitrogens with zero attached hydrogens (tertiary/aromatic N) is 3. The van der Waals surface area contributed by atoms with Crippen molar-refractivity contribution >= 4 is 17.9 Å². The predicted molar refractivity (Wildman–Crippen MR) is 159 cm³/mol. The van der Waals surface area contributed by atoms with Crippen molar-refractivity contribution in [3.05, 3.63) is 102 Å². The van der Waals surface area contributed by atoms with Crippen LogP contribution in [0.5, 0.6) is 0 Å². The fraction of sp³-hybridized carbons (Fsp3) is 0.273. The summed E-state index contributed by atoms with van der Waals surface area (Å²) in [7, 11) is 4.01. The minimum Gasteiger partial charge on any atom is -0.393 e. The maximum atomic E-state index is 12.9. The zero-order chi connectivity index (χ0) is 28.9. The summed E-state index contributed by atoms with van der Waals surface area (Å²) in [6.07, 6.45) is 4.35. The van der Waals surface area contributed by atoms with Crippen molar-refractivity contribution in [2.45, 2.75) is 38.1 Å². The highest BCUT2D eigenvalue weighted by Gasteiger charge is 2.32. The van der Waals surface area contributed by atoms with Gasteiger partial charge < -0.3 is 20.1 Å². The van der Waals surface area contributed by atoms with Gasteiger partial charge in [0.05, 0.1) is 6.61 Å². The molecule has 0 spiro atoms. The Bertz CT molecular complexity index is 1440. The average molecular weight is 537 g/mol. The average Bonchev–Trinajstić information content (AvgIpc) is 2.97. The number of aliphatic hydroxyl groups is 1. The summed E-state index contributed by atoms with van der Waals surface area (Å²) in [5.41, 5.74) is 4.74. The van der Waals surface area contributed by atoms with E-state index in [9.17, 15) is 14.7 Å². The molecule has 40 heavy (non-hydrogen) atoms. The van der Waals surface area contributed by atoms with Gasteiger partial charge >= 0.3 is 0 Å². The number of carbonyl (C=O) groups excluding carboxylic acids is 2. The van der Waals surface area contributed by atoms with Gasteiger partial charge in [-0.05, 0) is 46.4 Å². The minimum absolute atomic E-state index is 0.0376. The highest BCUT2D eigenvalue weighted by atomic mass is 16.3. The number of aromatic nitrogens is 2. The Morgan fingerprint density at radius 3 is 1.93 bits per heavy atom. The van der Waals surface area contributed by atoms with Gasteiger partial charge in [0.1, 0.15) is 11.8 Å². The first-order valence-corrected chi connectivity index (χ1v) is 13.2. The van der Waals surface area contributed by atoms with E-state index in [2.05, 4.69) is 48.2 Å². The van der Waals surface area contributed by atoms with Gasteiger partial charge in [-0.1, -0.05) is 69.3 Å². The summed E-state index contributed by atoms with van der Waals surface area (Å²) >= 11 is 0. The molecule has 0 aliphatic heterocycles. The van der Waals surface area contributed by atoms with Gasteiger partial charge in [-0.25, -0.2) is 9.97 Å². The molecule has 4 rings (SSSR count). The number of aliphatic hydroxyl groups excluding tert-OH is 1. The smallest absolute Gasteiger partial charge is 0.252 e. The normalized spacial score (nSPS) is 12.8. The third-order valence-corrected chi connectivity index (χ3v) is 6.98. The molecular formula is C33H36N4O3. The number of rotatable bonds is 9. The molecule has 1 heterocycles. The molecule has 0 unspecified atom stereocenters. The molecule has 1 atom stereocenters. The molecule has 7 heteroatoms. The van der Waals surface area contributed by atoms with Crippen molar-refractivity contribution in [1.29, 1.82) is 0 Å². The Balaban J connectivity index is 1.45. The Labute approximate surface area is 235 Å². The van der Waals surface area contributed by atoms with Crippen molar-refractivity contribution in [3.8, 4) is 22.5 Å². The van der Waals surface area contributed by atoms with Crippen LogP contribution in [-0.2, 0) is 16.6 Å². The van der Waals surface area contributed by atoms with Gasteiger partial charge in [0.25, 0.3) is 5.91 Å². The van der Waals surface area contributed by atoms with Gasteiger partial charge in [-0.3, -0.25) is 4.79 Å². The molecule has 3 aromatic carbocycles. The summed E-state index contributed by atoms with van der Waals surface area (Å²) in [5.74, 6) is 0.166. The lowest BCUT2D eigenvalue weighted by molar-refractivity contribution is -0.114. The van der Waals surface area contributed by atoms with E-state index in [1.54, 1.807) is 24.5 Å². The van der Waals surface area contributed by atoms with Crippen molar-refractivity contribution in [2.24, 2.45) is 0 Å². The highest BCUT2D eigenvalue weighted by molar-refractivity contribution is 5.96. The van der Waals surface area contributed by atoms with Crippen LogP contribution in [-0.4, -0.2) is 53.5 Å². The van der Waals surface area contributed by atoms with Gasteiger partial charge in [0, 0.05) is 55.3 Å². The Morgan fingerprint density at radius 2 is 1.43 bits per heavy atom. The lowest BCUT2D eigenvalue weighted by Crippen LogP contribution is -2.54. The molecule has 0 bridgehead atoms. The summed E-state index contributed by atoms with van der Waals surface area (Å²) in [5, 5.41) is 12.9. The predicted octanol–water partition coefficient (Wildman–Crippen LogP) is 5.08. The first kappa shape index (κ1) is 28.6. The molecule has 0 saturated heterocycles. The third-order valence-electron chi connectivity index (χ3n) is 6.98. The van der Waals surface area contributed by atoms with Crippen LogP contribution in [0, 0.1) is 0 Å². The Kier molecular flexibility index (Phi) is 8.45. The maximum Gasteiger partial charge on any atom is 0.252 e. The van der Waals surface area contributed by atoms with E-state index in [0.29, 0.717) is 17.7 Å². The Hall–Kier alpha value is -4.36. The number of hydrogen-bond donors (Lipinski definition) is 2. The summed E-state index contributed by atoms with van der Waals surface area (Å²) in [6.45, 7) is 5.78. The standard InChI is InChI=1S/C33H36N4O3/c1-32(2,3)28-14-10-26(11-15-28)31(40)36-33(21-38,22-39)18-23-6-8-25(9-7-23)30-34-19-27(20-35-30)24-12-16-29(17-13-24)37(4)5/h6-17,19-21,39H,18,22H2,1-5H3,(H,36,40)/t33-/m1/s1. The number of anilines is 1. The van der Waals surface area contributed by atoms with E-state index in [1.165, 1.54) is 0 Å². The second-order valence-corrected chi connectivity index (χ2v) is 11.3. The summed E-state index contributed by atoms with van der Waals surface area (Å²) in [6, 6.07) is 22.9. The largest absolute Gasteiger partial charge is 0.393 e. The monoisotopic (exact) mass is 536 g/mol. The number of benzene rings is 3. The molecule has 1 aromatic heterocycles. The minimum atomic E-state index is -1.44. The van der Waals surface area contributed by atoms with E-state index in [1.807, 2.05) is 67.5 Å². The number of aldehydes is 1. The van der Waals surface area contributed by atoms with Crippen LogP contribution in [0.25, 0.3) is 22.5 Å². The molecule has 0 fully saturated rings. The molecule has 0 saturated carbocycles. The molecule has 4 aromatic rings. The molecular weight excluding hydrogens is 500 g/mol. The fourth-order valence-electron chi connectivity index (χ4n) is 4.38. The lowest BCUT2D eigenvalue weighted by atomic mass is 9.86. The highest BCUT2D eigenvalue weighted by Crippen LogP contribution is 2.25. The second-order valence-electron chi connectivity index (χ2n) is 11.3. The zero-order valence-corrected chi connectivity index (χ0v) is 23.7. The molecule has 1 amide bonds. The van der Waals surface area contributed by atoms with E-state index < -0.39 is 18.1 Å². The molecule has 2 N–H and O–H groups in total. The molecule has 0 radical (unpaired) electrons. The topological polar surface area (TPSA) is 95.4 Å².